The number of hydrogen-bond donors (Lipinski definition) is 2. The Labute approximate surface area is 116 Å². The first-order valence-electron chi connectivity index (χ1n) is 5.14. The molecular formula is C10H13N3O4S2. The van der Waals surface area contributed by atoms with Crippen LogP contribution in [0.25, 0.3) is 0 Å². The highest BCUT2D eigenvalue weighted by atomic mass is 32.2. The molecule has 1 atom stereocenters. The minimum Gasteiger partial charge on any atom is -0.468 e. The van der Waals surface area contributed by atoms with E-state index in [9.17, 15) is 13.2 Å². The van der Waals surface area contributed by atoms with E-state index in [1.165, 1.54) is 25.3 Å². The molecule has 7 nitrogen and oxygen atoms in total. The maximum Gasteiger partial charge on any atom is 0.323 e. The van der Waals surface area contributed by atoms with Crippen LogP contribution in [-0.4, -0.2) is 37.5 Å². The minimum atomic E-state index is -3.97. The van der Waals surface area contributed by atoms with Crippen LogP contribution in [0, 0.1) is 0 Å². The van der Waals surface area contributed by atoms with Gasteiger partial charge < -0.3 is 10.5 Å². The number of aromatic nitrogens is 1. The van der Waals surface area contributed by atoms with Crippen molar-refractivity contribution in [2.24, 2.45) is 5.73 Å². The van der Waals surface area contributed by atoms with E-state index >= 15 is 0 Å². The normalized spacial score (nSPS) is 12.7. The first-order valence-corrected chi connectivity index (χ1v) is 7.03. The zero-order chi connectivity index (χ0) is 14.6. The molecule has 0 spiro atoms. The SMILES string of the molecule is COC(=O)C(C)NS(=O)(=O)c1cccnc1C(N)=S. The molecule has 0 radical (unpaired) electrons. The first kappa shape index (κ1) is 15.5. The van der Waals surface area contributed by atoms with Crippen molar-refractivity contribution in [1.29, 1.82) is 0 Å². The Morgan fingerprint density at radius 1 is 1.58 bits per heavy atom. The molecule has 0 bridgehead atoms. The van der Waals surface area contributed by atoms with Gasteiger partial charge in [-0.1, -0.05) is 12.2 Å². The second kappa shape index (κ2) is 6.04. The van der Waals surface area contributed by atoms with E-state index in [0.717, 1.165) is 7.11 Å². The zero-order valence-corrected chi connectivity index (χ0v) is 11.9. The number of carbonyl (C=O) groups is 1. The highest BCUT2D eigenvalue weighted by Gasteiger charge is 2.25. The van der Waals surface area contributed by atoms with E-state index in [1.807, 2.05) is 0 Å². The molecule has 0 aliphatic heterocycles. The van der Waals surface area contributed by atoms with Crippen LogP contribution in [0.2, 0.25) is 0 Å². The topological polar surface area (TPSA) is 111 Å². The number of nitrogens with one attached hydrogen (secondary N) is 1. The summed E-state index contributed by atoms with van der Waals surface area (Å²) in [6.45, 7) is 1.36. The molecule has 19 heavy (non-hydrogen) atoms. The van der Waals surface area contributed by atoms with Gasteiger partial charge in [0.05, 0.1) is 7.11 Å². The van der Waals surface area contributed by atoms with E-state index in [0.29, 0.717) is 0 Å². The number of sulfonamides is 1. The van der Waals surface area contributed by atoms with Crippen molar-refractivity contribution in [3.63, 3.8) is 0 Å². The van der Waals surface area contributed by atoms with Crippen molar-refractivity contribution in [3.05, 3.63) is 24.0 Å². The molecule has 0 saturated heterocycles. The molecule has 104 valence electrons. The summed E-state index contributed by atoms with van der Waals surface area (Å²) >= 11 is 4.74. The standard InChI is InChI=1S/C10H13N3O4S2/c1-6(10(14)17-2)13-19(15,16)7-4-3-5-12-8(7)9(11)18/h3-6,13H,1-2H3,(H2,11,18). The maximum absolute atomic E-state index is 12.1. The van der Waals surface area contributed by atoms with Crippen LogP contribution in [0.3, 0.4) is 0 Å². The fourth-order valence-electron chi connectivity index (χ4n) is 1.31. The number of nitrogens with two attached hydrogens (primary N) is 1. The number of nitrogens with zero attached hydrogens (tertiary/aromatic N) is 1. The second-order valence-corrected chi connectivity index (χ2v) is 5.70. The zero-order valence-electron chi connectivity index (χ0n) is 10.3. The molecule has 0 aliphatic carbocycles. The monoisotopic (exact) mass is 303 g/mol. The molecule has 9 heteroatoms. The molecule has 1 unspecified atom stereocenters. The Hall–Kier alpha value is -1.58. The van der Waals surface area contributed by atoms with E-state index in [-0.39, 0.29) is 15.6 Å². The van der Waals surface area contributed by atoms with Crippen molar-refractivity contribution < 1.29 is 17.9 Å². The van der Waals surface area contributed by atoms with Gasteiger partial charge in [0.1, 0.15) is 21.6 Å². The van der Waals surface area contributed by atoms with Crippen molar-refractivity contribution in [2.45, 2.75) is 17.9 Å². The number of ether oxygens (including phenoxy) is 1. The van der Waals surface area contributed by atoms with E-state index in [4.69, 9.17) is 18.0 Å². The quantitative estimate of drug-likeness (QED) is 0.560. The van der Waals surface area contributed by atoms with E-state index in [2.05, 4.69) is 14.4 Å². The molecular weight excluding hydrogens is 290 g/mol. The maximum atomic E-state index is 12.1. The van der Waals surface area contributed by atoms with Gasteiger partial charge in [0, 0.05) is 6.20 Å². The Morgan fingerprint density at radius 2 is 2.21 bits per heavy atom. The fourth-order valence-corrected chi connectivity index (χ4v) is 2.90. The Balaban J connectivity index is 3.15. The summed E-state index contributed by atoms with van der Waals surface area (Å²) in [5.41, 5.74) is 5.39. The number of rotatable bonds is 5. The number of methoxy groups -OCH3 is 1. The molecule has 1 rings (SSSR count). The second-order valence-electron chi connectivity index (χ2n) is 3.58. The lowest BCUT2D eigenvalue weighted by molar-refractivity contribution is -0.142. The van der Waals surface area contributed by atoms with Gasteiger partial charge in [-0.15, -0.1) is 0 Å². The van der Waals surface area contributed by atoms with Crippen LogP contribution >= 0.6 is 12.2 Å². The molecule has 0 aliphatic rings. The summed E-state index contributed by atoms with van der Waals surface area (Å²) in [5, 5.41) is 0. The predicted octanol–water partition coefficient (Wildman–Crippen LogP) is -0.444. The number of hydrogen-bond acceptors (Lipinski definition) is 6. The van der Waals surface area contributed by atoms with Gasteiger partial charge in [-0.05, 0) is 19.1 Å². The number of carbonyl (C=O) groups excluding carboxylic acids is 1. The average Bonchev–Trinajstić information content (AvgIpc) is 2.37. The summed E-state index contributed by atoms with van der Waals surface area (Å²) < 4.78 is 30.8. The Morgan fingerprint density at radius 3 is 2.74 bits per heavy atom. The van der Waals surface area contributed by atoms with Crippen molar-refractivity contribution >= 4 is 33.2 Å². The van der Waals surface area contributed by atoms with Gasteiger partial charge in [-0.2, -0.15) is 4.72 Å². The fraction of sp³-hybridized carbons (Fsp3) is 0.300. The predicted molar refractivity (Wildman–Crippen MR) is 71.9 cm³/mol. The summed E-state index contributed by atoms with van der Waals surface area (Å²) in [4.78, 5) is 14.7. The lowest BCUT2D eigenvalue weighted by Crippen LogP contribution is -2.39. The lowest BCUT2D eigenvalue weighted by Gasteiger charge is -2.13. The number of esters is 1. The molecule has 1 aromatic rings. The third kappa shape index (κ3) is 3.69. The van der Waals surface area contributed by atoms with Gasteiger partial charge in [0.25, 0.3) is 0 Å². The highest BCUT2D eigenvalue weighted by Crippen LogP contribution is 2.13. The average molecular weight is 303 g/mol. The van der Waals surface area contributed by atoms with Gasteiger partial charge in [-0.3, -0.25) is 9.78 Å². The molecule has 1 aromatic heterocycles. The third-order valence-corrected chi connectivity index (χ3v) is 3.95. The minimum absolute atomic E-state index is 0.0259. The van der Waals surface area contributed by atoms with E-state index in [1.54, 1.807) is 0 Å². The third-order valence-electron chi connectivity index (χ3n) is 2.18. The molecule has 3 N–H and O–H groups in total. The smallest absolute Gasteiger partial charge is 0.323 e. The Bertz CT molecular complexity index is 601. The molecule has 1 heterocycles. The van der Waals surface area contributed by atoms with Crippen LogP contribution in [0.5, 0.6) is 0 Å². The summed E-state index contributed by atoms with van der Waals surface area (Å²) in [6.07, 6.45) is 1.37. The van der Waals surface area contributed by atoms with Gasteiger partial charge in [0.15, 0.2) is 0 Å². The van der Waals surface area contributed by atoms with Gasteiger partial charge >= 0.3 is 5.97 Å². The molecule has 0 aromatic carbocycles. The number of thiocarbonyl (C=S) groups is 1. The van der Waals surface area contributed by atoms with Gasteiger partial charge in [-0.25, -0.2) is 8.42 Å². The largest absolute Gasteiger partial charge is 0.468 e. The van der Waals surface area contributed by atoms with E-state index < -0.39 is 22.0 Å². The van der Waals surface area contributed by atoms with Crippen LogP contribution in [-0.2, 0) is 19.6 Å². The lowest BCUT2D eigenvalue weighted by atomic mass is 10.3. The van der Waals surface area contributed by atoms with Crippen molar-refractivity contribution in [3.8, 4) is 0 Å². The van der Waals surface area contributed by atoms with Gasteiger partial charge in [0.2, 0.25) is 10.0 Å². The Kier molecular flexibility index (Phi) is 4.92. The first-order chi connectivity index (χ1) is 8.79. The molecule has 0 saturated carbocycles. The summed E-state index contributed by atoms with van der Waals surface area (Å²) in [5.74, 6) is -0.704. The van der Waals surface area contributed by atoms with Crippen LogP contribution in [0.15, 0.2) is 23.2 Å². The van der Waals surface area contributed by atoms with Crippen molar-refractivity contribution in [1.82, 2.24) is 9.71 Å². The van der Waals surface area contributed by atoms with Crippen LogP contribution in [0.1, 0.15) is 12.6 Å². The molecule has 0 amide bonds. The summed E-state index contributed by atoms with van der Waals surface area (Å²) in [7, 11) is -2.81. The van der Waals surface area contributed by atoms with Crippen molar-refractivity contribution in [2.75, 3.05) is 7.11 Å². The highest BCUT2D eigenvalue weighted by molar-refractivity contribution is 7.89. The van der Waals surface area contributed by atoms with Crippen LogP contribution < -0.4 is 10.5 Å². The summed E-state index contributed by atoms with van der Waals surface area (Å²) in [6, 6.07) is 1.70. The molecule has 0 fully saturated rings. The number of pyridine rings is 1. The van der Waals surface area contributed by atoms with Crippen LogP contribution in [0.4, 0.5) is 0 Å².